The number of anilines is 11. The van der Waals surface area contributed by atoms with Crippen molar-refractivity contribution < 1.29 is 111 Å². The summed E-state index contributed by atoms with van der Waals surface area (Å²) in [4.78, 5) is 49.8. The molecule has 0 saturated carbocycles. The van der Waals surface area contributed by atoms with Crippen LogP contribution in [-0.4, -0.2) is 105 Å². The van der Waals surface area contributed by atoms with Crippen LogP contribution >= 0.6 is 11.6 Å². The number of alkyl halides is 17. The van der Waals surface area contributed by atoms with Crippen LogP contribution in [0.3, 0.4) is 0 Å². The molecule has 19 aromatic rings. The summed E-state index contributed by atoms with van der Waals surface area (Å²) in [5.74, 6) is -2.40. The van der Waals surface area contributed by atoms with E-state index >= 15 is 0 Å². The summed E-state index contributed by atoms with van der Waals surface area (Å²) in [5.41, 5.74) is 2.23. The van der Waals surface area contributed by atoms with Crippen LogP contribution in [-0.2, 0) is 45.0 Å². The van der Waals surface area contributed by atoms with Gasteiger partial charge >= 0.3 is 37.5 Å². The van der Waals surface area contributed by atoms with Gasteiger partial charge in [-0.1, -0.05) is 11.6 Å². The van der Waals surface area contributed by atoms with Gasteiger partial charge < -0.3 is 31.3 Å². The van der Waals surface area contributed by atoms with Gasteiger partial charge in [0.1, 0.15) is 91.7 Å². The molecule has 12 heterocycles. The first-order valence-electron chi connectivity index (χ1n) is 41.6. The van der Waals surface area contributed by atoms with Crippen molar-refractivity contribution in [3.05, 3.63) is 329 Å². The minimum Gasteiger partial charge on any atom is -0.432 e. The number of hydrogen-bond donors (Lipinski definition) is 7. The molecule has 0 spiro atoms. The second kappa shape index (κ2) is 41.8. The van der Waals surface area contributed by atoms with Gasteiger partial charge in [-0.05, 0) is 178 Å². The topological polar surface area (TPSA) is 330 Å². The molecule has 12 aromatic heterocycles. The predicted octanol–water partition coefficient (Wildman–Crippen LogP) is 25.4. The fourth-order valence-corrected chi connectivity index (χ4v) is 14.6. The van der Waals surface area contributed by atoms with E-state index in [1.165, 1.54) is 125 Å². The Hall–Kier alpha value is -17.7. The molecule has 0 saturated heterocycles. The predicted molar refractivity (Wildman–Crippen MR) is 487 cm³/mol. The molecular weight excluding hydrogens is 2000 g/mol. The summed E-state index contributed by atoms with van der Waals surface area (Å²) in [6.07, 6.45) is -12.2. The number of fused-ring (bicyclic) bond motifs is 4. The van der Waals surface area contributed by atoms with Crippen LogP contribution in [0, 0.1) is 67.0 Å². The smallest absolute Gasteiger partial charge is 0.432 e. The quantitative estimate of drug-likeness (QED) is 0.0310. The number of halogens is 24. The highest BCUT2D eigenvalue weighted by Gasteiger charge is 2.40. The molecule has 0 bridgehead atoms. The van der Waals surface area contributed by atoms with Crippen LogP contribution in [0.4, 0.5) is 164 Å². The molecule has 0 atom stereocenters. The lowest BCUT2D eigenvalue weighted by Gasteiger charge is -2.13. The highest BCUT2D eigenvalue weighted by molar-refractivity contribution is 6.32. The minimum atomic E-state index is -4.91. The van der Waals surface area contributed by atoms with E-state index in [4.69, 9.17) is 11.6 Å². The molecule has 0 amide bonds. The van der Waals surface area contributed by atoms with Crippen molar-refractivity contribution in [3.8, 4) is 57.5 Å². The molecule has 7 aromatic carbocycles. The Morgan fingerprint density at radius 2 is 0.904 bits per heavy atom. The highest BCUT2D eigenvalue weighted by Crippen LogP contribution is 2.42. The van der Waals surface area contributed by atoms with Crippen LogP contribution in [0.1, 0.15) is 50.9 Å². The number of aryl methyl sites for hydroxylation is 5. The largest absolute Gasteiger partial charge is 0.435 e. The SMILES string of the molecule is Cc1nc2c(F)cc(F)cc2n1-c1cncc(Nc2ccc(C(F)(F)F)cc2)n1.Cc1nc2ncc(F)cc2n1-c1cc(C#N)cc(Nc2ccc(C(F)(F)F)cc2)n1.Cc1nn(C)c(Cl)c1-c1cncc(Nc2ccc(OC(F)F)c(F)c2)n1.Cn1nc2ccc(F)cc2c1-c1cncc(Nc2ccc(C(F)(F)F)cc2)n1.ONc1cc(Nc2ccc(C(F)(F)F)cc2)nc(-c2c(C(F)(F)F)nc3ccc(F)cn23)c1. The number of benzene rings is 7. The lowest BCUT2D eigenvalue weighted by atomic mass is 10.1. The van der Waals surface area contributed by atoms with Crippen molar-refractivity contribution in [1.82, 2.24) is 92.9 Å². The zero-order chi connectivity index (χ0) is 105. The molecule has 748 valence electrons. The third kappa shape index (κ3) is 24.2. The van der Waals surface area contributed by atoms with Crippen molar-refractivity contribution in [2.45, 2.75) is 58.3 Å². The van der Waals surface area contributed by atoms with E-state index in [0.717, 1.165) is 120 Å². The third-order valence-electron chi connectivity index (χ3n) is 20.6. The summed E-state index contributed by atoms with van der Waals surface area (Å²) in [6, 6.07) is 37.4. The number of imidazole rings is 3. The Kier molecular flexibility index (Phi) is 29.4. The van der Waals surface area contributed by atoms with E-state index in [2.05, 4.69) is 101 Å². The van der Waals surface area contributed by atoms with Gasteiger partial charge in [0.25, 0.3) is 0 Å². The average Bonchev–Trinajstić information content (AvgIpc) is 1.60. The van der Waals surface area contributed by atoms with Gasteiger partial charge in [-0.25, -0.2) is 71.2 Å². The molecule has 7 N–H and O–H groups in total. The molecular formula is C94H62ClF23N26O2. The molecule has 28 nitrogen and oxygen atoms in total. The number of rotatable bonds is 18. The maximum absolute atomic E-state index is 14.0. The molecule has 0 aliphatic rings. The van der Waals surface area contributed by atoms with Gasteiger partial charge in [0.15, 0.2) is 40.4 Å². The van der Waals surface area contributed by atoms with Crippen LogP contribution in [0.15, 0.2) is 238 Å². The van der Waals surface area contributed by atoms with Crippen molar-refractivity contribution in [3.63, 3.8) is 0 Å². The Morgan fingerprint density at radius 3 is 1.44 bits per heavy atom. The lowest BCUT2D eigenvalue weighted by Crippen LogP contribution is -2.09. The molecule has 0 unspecified atom stereocenters. The second-order valence-corrected chi connectivity index (χ2v) is 31.2. The van der Waals surface area contributed by atoms with Gasteiger partial charge in [0.2, 0.25) is 0 Å². The highest BCUT2D eigenvalue weighted by atomic mass is 35.5. The molecule has 0 aliphatic carbocycles. The maximum Gasteiger partial charge on any atom is 0.435 e. The van der Waals surface area contributed by atoms with Crippen molar-refractivity contribution in [2.75, 3.05) is 32.1 Å². The molecule has 19 rings (SSSR count). The number of aromatic nitrogens is 19. The summed E-state index contributed by atoms with van der Waals surface area (Å²) < 4.78 is 311. The normalized spacial score (nSPS) is 11.7. The van der Waals surface area contributed by atoms with E-state index in [1.54, 1.807) is 55.7 Å². The van der Waals surface area contributed by atoms with Crippen molar-refractivity contribution in [2.24, 2.45) is 14.1 Å². The third-order valence-corrected chi connectivity index (χ3v) is 21.1. The van der Waals surface area contributed by atoms with Gasteiger partial charge in [0.05, 0.1) is 128 Å². The average molecular weight is 2060 g/mol. The summed E-state index contributed by atoms with van der Waals surface area (Å²) in [5, 5.41) is 42.4. The number of hydrogen-bond acceptors (Lipinski definition) is 23. The van der Waals surface area contributed by atoms with E-state index in [0.29, 0.717) is 102 Å². The number of ether oxygens (including phenoxy) is 1. The Bertz CT molecular complexity index is 8070. The van der Waals surface area contributed by atoms with Crippen molar-refractivity contribution >= 4 is 114 Å². The van der Waals surface area contributed by atoms with E-state index in [9.17, 15) is 111 Å². The standard InChI is InChI=1S/C20H12F7N5O.C20H12F4N6.C19H12F5N5.C19H13F4N5.C16H13ClF3N5O/c21-11-3-6-16-30-18(20(25,26)27)17(32(16)9-11)14-7-13(31-33)8-15(29-14)28-12-4-1-10(2-5-12)19(22,23)24;1-11-27-19-16(8-14(21)10-26-19)30(11)18-7-12(9-25)6-17(29-18)28-15-4-2-13(3-5-15)20(22,23)24;1-10-26-18-14(21)6-12(20)7-15(18)29(10)17-9-25-8-16(28-17)27-13-4-2-11(3-5-13)19(22,23)24;1-28-18(14-8-12(20)4-7-15(14)27-28)16-9-24-10-17(26-16)25-13-5-2-11(3-6-13)19(21,22)23;1-8-14(15(17)25(2)24-8)11-6-21-7-13(23-11)22-9-3-4-12(10(18)5-9)26-16(19)20/h1-9,33H,(H2,28,29,31);2-8,10H,1H3,(H,28,29);2-9H,1H3,(H,27,28);2-10H,1H3,(H,25,26);3-7,16H,1-2H3,(H,22,23). The lowest BCUT2D eigenvalue weighted by molar-refractivity contribution is -0.140. The Morgan fingerprint density at radius 1 is 0.411 bits per heavy atom. The first kappa shape index (κ1) is 103. The summed E-state index contributed by atoms with van der Waals surface area (Å²) in [7, 11) is 3.42. The fourth-order valence-electron chi connectivity index (χ4n) is 14.3. The summed E-state index contributed by atoms with van der Waals surface area (Å²) in [6.45, 7) is 1.98. The second-order valence-electron chi connectivity index (χ2n) is 30.9. The molecule has 0 radical (unpaired) electrons. The van der Waals surface area contributed by atoms with E-state index in [-0.39, 0.29) is 68.4 Å². The molecule has 52 heteroatoms. The van der Waals surface area contributed by atoms with Crippen LogP contribution in [0.2, 0.25) is 5.15 Å². The van der Waals surface area contributed by atoms with Crippen molar-refractivity contribution in [1.29, 1.82) is 5.26 Å². The Labute approximate surface area is 809 Å². The monoisotopic (exact) mass is 2060 g/mol. The van der Waals surface area contributed by atoms with E-state index in [1.807, 2.05) is 6.07 Å². The minimum absolute atomic E-state index is 0.00759. The molecule has 0 fully saturated rings. The fraction of sp³-hybridized carbons (Fsp3) is 0.117. The van der Waals surface area contributed by atoms with Gasteiger partial charge in [-0.15, -0.1) is 0 Å². The van der Waals surface area contributed by atoms with Gasteiger partial charge in [0, 0.05) is 84.4 Å². The number of nitrogens with zero attached hydrogens (tertiary/aromatic N) is 20. The zero-order valence-electron chi connectivity index (χ0n) is 74.5. The Balaban J connectivity index is 0.000000137. The number of nitrogens with one attached hydrogen (secondary N) is 6. The van der Waals surface area contributed by atoms with Gasteiger partial charge in [-0.2, -0.15) is 90.1 Å². The zero-order valence-corrected chi connectivity index (χ0v) is 75.2. The molecule has 0 aliphatic heterocycles. The summed E-state index contributed by atoms with van der Waals surface area (Å²) >= 11 is 6.23. The van der Waals surface area contributed by atoms with Crippen LogP contribution in [0.5, 0.6) is 5.75 Å². The van der Waals surface area contributed by atoms with Crippen LogP contribution < -0.4 is 36.8 Å². The first-order valence-corrected chi connectivity index (χ1v) is 42.0. The first-order chi connectivity index (χ1) is 69.1. The van der Waals surface area contributed by atoms with E-state index < -0.39 is 112 Å². The van der Waals surface area contributed by atoms with Gasteiger partial charge in [-0.3, -0.25) is 48.5 Å². The maximum atomic E-state index is 14.0. The molecule has 146 heavy (non-hydrogen) atoms. The van der Waals surface area contributed by atoms with Crippen LogP contribution in [0.25, 0.3) is 84.4 Å². The number of pyridine rings is 4. The number of nitriles is 1.